The third-order valence-corrected chi connectivity index (χ3v) is 3.90. The Hall–Kier alpha value is -3.49. The first-order valence-electron chi connectivity index (χ1n) is 8.37. The number of amides is 2. The van der Waals surface area contributed by atoms with Gasteiger partial charge in [-0.3, -0.25) is 9.59 Å². The molecule has 0 saturated heterocycles. The summed E-state index contributed by atoms with van der Waals surface area (Å²) in [5, 5.41) is 5.02. The molecule has 0 aliphatic carbocycles. The van der Waals surface area contributed by atoms with E-state index in [0.29, 0.717) is 24.3 Å². The summed E-state index contributed by atoms with van der Waals surface area (Å²) in [5.74, 6) is -3.24. The second-order valence-corrected chi connectivity index (χ2v) is 5.99. The first kappa shape index (κ1) is 19.3. The van der Waals surface area contributed by atoms with Gasteiger partial charge in [0.2, 0.25) is 5.91 Å². The fraction of sp³-hybridized carbons (Fsp3) is 0.211. The molecule has 0 spiro atoms. The van der Waals surface area contributed by atoms with E-state index in [1.165, 1.54) is 6.07 Å². The summed E-state index contributed by atoms with van der Waals surface area (Å²) < 4.78 is 36.0. The van der Waals surface area contributed by atoms with Crippen molar-refractivity contribution >= 4 is 29.2 Å². The number of hydrogen-bond donors (Lipinski definition) is 2. The van der Waals surface area contributed by atoms with Crippen LogP contribution >= 0.6 is 0 Å². The van der Waals surface area contributed by atoms with Crippen LogP contribution in [0.15, 0.2) is 36.4 Å². The summed E-state index contributed by atoms with van der Waals surface area (Å²) in [5.41, 5.74) is 1.65. The lowest BCUT2D eigenvalue weighted by molar-refractivity contribution is -0.149. The van der Waals surface area contributed by atoms with E-state index >= 15 is 0 Å². The van der Waals surface area contributed by atoms with Crippen molar-refractivity contribution in [2.75, 3.05) is 23.8 Å². The number of carbonyl (C=O) groups excluding carboxylic acids is 3. The summed E-state index contributed by atoms with van der Waals surface area (Å²) in [6.07, 6.45) is 0.957. The number of hydrogen-bond acceptors (Lipinski definition) is 5. The van der Waals surface area contributed by atoms with Crippen molar-refractivity contribution < 1.29 is 32.6 Å². The van der Waals surface area contributed by atoms with Gasteiger partial charge in [0, 0.05) is 23.9 Å². The van der Waals surface area contributed by atoms with Gasteiger partial charge in [-0.1, -0.05) is 0 Å². The van der Waals surface area contributed by atoms with Crippen LogP contribution in [0.3, 0.4) is 0 Å². The predicted octanol–water partition coefficient (Wildman–Crippen LogP) is 2.41. The number of aryl methyl sites for hydroxylation is 1. The van der Waals surface area contributed by atoms with Crippen LogP contribution in [0, 0.1) is 11.6 Å². The maximum atomic E-state index is 13.1. The topological polar surface area (TPSA) is 93.7 Å². The van der Waals surface area contributed by atoms with E-state index in [0.717, 1.165) is 17.7 Å². The highest BCUT2D eigenvalue weighted by Crippen LogP contribution is 2.26. The highest BCUT2D eigenvalue weighted by atomic mass is 19.2. The second-order valence-electron chi connectivity index (χ2n) is 5.99. The lowest BCUT2D eigenvalue weighted by Crippen LogP contribution is -2.24. The van der Waals surface area contributed by atoms with Crippen LogP contribution in [-0.2, 0) is 25.5 Å². The monoisotopic (exact) mass is 390 g/mol. The zero-order valence-corrected chi connectivity index (χ0v) is 14.6. The lowest BCUT2D eigenvalue weighted by atomic mass is 10.0. The number of rotatable bonds is 6. The van der Waals surface area contributed by atoms with Crippen LogP contribution in [0.1, 0.15) is 12.0 Å². The third-order valence-electron chi connectivity index (χ3n) is 3.90. The fourth-order valence-electron chi connectivity index (χ4n) is 2.55. The quantitative estimate of drug-likeness (QED) is 0.739. The number of fused-ring (bicyclic) bond motifs is 1. The van der Waals surface area contributed by atoms with Crippen LogP contribution in [0.4, 0.5) is 20.2 Å². The molecule has 1 aliphatic rings. The Bertz CT molecular complexity index is 933. The van der Waals surface area contributed by atoms with Crippen LogP contribution in [-0.4, -0.2) is 31.0 Å². The Morgan fingerprint density at radius 2 is 1.86 bits per heavy atom. The molecule has 3 rings (SSSR count). The minimum Gasteiger partial charge on any atom is -0.482 e. The largest absolute Gasteiger partial charge is 0.482 e. The lowest BCUT2D eigenvalue weighted by Gasteiger charge is -2.17. The molecule has 1 aliphatic heterocycles. The number of anilines is 2. The van der Waals surface area contributed by atoms with Gasteiger partial charge >= 0.3 is 5.97 Å². The molecule has 2 aromatic rings. The van der Waals surface area contributed by atoms with Crippen molar-refractivity contribution in [3.63, 3.8) is 0 Å². The first-order valence-corrected chi connectivity index (χ1v) is 8.37. The molecule has 2 amide bonds. The molecule has 0 saturated carbocycles. The van der Waals surface area contributed by atoms with Gasteiger partial charge < -0.3 is 20.1 Å². The zero-order valence-electron chi connectivity index (χ0n) is 14.6. The Kier molecular flexibility index (Phi) is 5.83. The van der Waals surface area contributed by atoms with Crippen molar-refractivity contribution in [3.05, 3.63) is 53.6 Å². The summed E-state index contributed by atoms with van der Waals surface area (Å²) in [6, 6.07) is 7.87. The second kappa shape index (κ2) is 8.47. The standard InChI is InChI=1S/C19H16F2N2O5/c20-14-4-2-12(8-15(14)21)22-18(25)9-28-19(26)10-27-13-3-5-16-11(7-13)1-6-17(24)23-16/h2-5,7-8H,1,6,9-10H2,(H,22,25)(H,23,24). The van der Waals surface area contributed by atoms with Gasteiger partial charge in [-0.25, -0.2) is 13.6 Å². The number of benzene rings is 2. The number of esters is 1. The van der Waals surface area contributed by atoms with Gasteiger partial charge in [0.15, 0.2) is 24.8 Å². The van der Waals surface area contributed by atoms with Crippen molar-refractivity contribution in [1.82, 2.24) is 0 Å². The molecular formula is C19H16F2N2O5. The Labute approximate surface area is 158 Å². The predicted molar refractivity (Wildman–Crippen MR) is 94.8 cm³/mol. The zero-order chi connectivity index (χ0) is 20.1. The molecule has 0 atom stereocenters. The molecule has 146 valence electrons. The molecule has 0 unspecified atom stereocenters. The first-order chi connectivity index (χ1) is 13.4. The Balaban J connectivity index is 1.43. The number of halogens is 2. The minimum atomic E-state index is -1.10. The van der Waals surface area contributed by atoms with E-state index in [4.69, 9.17) is 9.47 Å². The average molecular weight is 390 g/mol. The Morgan fingerprint density at radius 1 is 1.04 bits per heavy atom. The SMILES string of the molecule is O=C(COC(=O)COc1ccc2c(c1)CCC(=O)N2)Nc1ccc(F)c(F)c1. The van der Waals surface area contributed by atoms with Crippen molar-refractivity contribution in [3.8, 4) is 5.75 Å². The Morgan fingerprint density at radius 3 is 2.64 bits per heavy atom. The van der Waals surface area contributed by atoms with Crippen LogP contribution in [0.5, 0.6) is 5.75 Å². The van der Waals surface area contributed by atoms with E-state index in [-0.39, 0.29) is 11.6 Å². The molecule has 2 N–H and O–H groups in total. The van der Waals surface area contributed by atoms with Gasteiger partial charge in [-0.05, 0) is 42.3 Å². The van der Waals surface area contributed by atoms with Crippen molar-refractivity contribution in [2.45, 2.75) is 12.8 Å². The van der Waals surface area contributed by atoms with E-state index in [1.54, 1.807) is 18.2 Å². The molecule has 1 heterocycles. The summed E-state index contributed by atoms with van der Waals surface area (Å²) >= 11 is 0. The third kappa shape index (κ3) is 5.03. The number of nitrogens with one attached hydrogen (secondary N) is 2. The fourth-order valence-corrected chi connectivity index (χ4v) is 2.55. The minimum absolute atomic E-state index is 0.0392. The highest BCUT2D eigenvalue weighted by molar-refractivity contribution is 5.94. The van der Waals surface area contributed by atoms with Gasteiger partial charge in [-0.15, -0.1) is 0 Å². The van der Waals surface area contributed by atoms with Crippen LogP contribution in [0.25, 0.3) is 0 Å². The summed E-state index contributed by atoms with van der Waals surface area (Å²) in [4.78, 5) is 34.7. The molecule has 0 radical (unpaired) electrons. The summed E-state index contributed by atoms with van der Waals surface area (Å²) in [7, 11) is 0. The molecule has 2 aromatic carbocycles. The number of ether oxygens (including phenoxy) is 2. The molecule has 28 heavy (non-hydrogen) atoms. The highest BCUT2D eigenvalue weighted by Gasteiger charge is 2.16. The molecule has 0 fully saturated rings. The smallest absolute Gasteiger partial charge is 0.344 e. The number of carbonyl (C=O) groups is 3. The van der Waals surface area contributed by atoms with Gasteiger partial charge in [0.25, 0.3) is 5.91 Å². The maximum absolute atomic E-state index is 13.1. The van der Waals surface area contributed by atoms with Crippen molar-refractivity contribution in [1.29, 1.82) is 0 Å². The van der Waals surface area contributed by atoms with Gasteiger partial charge in [-0.2, -0.15) is 0 Å². The van der Waals surface area contributed by atoms with Crippen molar-refractivity contribution in [2.24, 2.45) is 0 Å². The normalized spacial score (nSPS) is 12.6. The summed E-state index contributed by atoms with van der Waals surface area (Å²) in [6.45, 7) is -1.01. The molecular weight excluding hydrogens is 374 g/mol. The van der Waals surface area contributed by atoms with Crippen LogP contribution in [0.2, 0.25) is 0 Å². The van der Waals surface area contributed by atoms with E-state index in [9.17, 15) is 23.2 Å². The van der Waals surface area contributed by atoms with Crippen LogP contribution < -0.4 is 15.4 Å². The van der Waals surface area contributed by atoms with E-state index in [1.807, 2.05) is 0 Å². The van der Waals surface area contributed by atoms with E-state index < -0.39 is 36.7 Å². The molecule has 0 bridgehead atoms. The molecule has 7 nitrogen and oxygen atoms in total. The van der Waals surface area contributed by atoms with Gasteiger partial charge in [0.05, 0.1) is 0 Å². The molecule has 9 heteroatoms. The van der Waals surface area contributed by atoms with Gasteiger partial charge in [0.1, 0.15) is 5.75 Å². The molecule has 0 aromatic heterocycles. The van der Waals surface area contributed by atoms with E-state index in [2.05, 4.69) is 10.6 Å². The average Bonchev–Trinajstić information content (AvgIpc) is 2.67. The maximum Gasteiger partial charge on any atom is 0.344 e.